The van der Waals surface area contributed by atoms with Gasteiger partial charge in [0.1, 0.15) is 11.3 Å². The van der Waals surface area contributed by atoms with Gasteiger partial charge in [-0.15, -0.1) is 0 Å². The lowest BCUT2D eigenvalue weighted by Gasteiger charge is -2.27. The molecule has 0 radical (unpaired) electrons. The summed E-state index contributed by atoms with van der Waals surface area (Å²) in [5.41, 5.74) is 10.1. The summed E-state index contributed by atoms with van der Waals surface area (Å²) in [6.07, 6.45) is 2.72. The second-order valence-electron chi connectivity index (χ2n) is 5.39. The predicted molar refractivity (Wildman–Crippen MR) is 81.4 cm³/mol. The van der Waals surface area contributed by atoms with Gasteiger partial charge in [0, 0.05) is 18.2 Å². The van der Waals surface area contributed by atoms with Crippen molar-refractivity contribution in [1.29, 1.82) is 0 Å². The number of nitrogens with two attached hydrogens (primary N) is 1. The number of aryl methyl sites for hydroxylation is 1. The Balaban J connectivity index is 1.94. The molecule has 21 heavy (non-hydrogen) atoms. The number of rotatable bonds is 1. The third-order valence-electron chi connectivity index (χ3n) is 3.93. The first-order valence-corrected chi connectivity index (χ1v) is 7.06. The van der Waals surface area contributed by atoms with E-state index in [1.807, 2.05) is 42.0 Å². The maximum atomic E-state index is 6.16. The highest BCUT2D eigenvalue weighted by atomic mass is 16.5. The predicted octanol–water partition coefficient (Wildman–Crippen LogP) is 2.69. The van der Waals surface area contributed by atoms with Gasteiger partial charge in [0.25, 0.3) is 0 Å². The molecular weight excluding hydrogens is 264 g/mol. The number of para-hydroxylation sites is 1. The van der Waals surface area contributed by atoms with Crippen molar-refractivity contribution in [2.75, 3.05) is 12.3 Å². The Morgan fingerprint density at radius 1 is 1.33 bits per heavy atom. The Morgan fingerprint density at radius 2 is 2.19 bits per heavy atom. The quantitative estimate of drug-likeness (QED) is 0.744. The molecule has 3 aromatic rings. The molecule has 106 valence electrons. The lowest BCUT2D eigenvalue weighted by atomic mass is 10.0. The van der Waals surface area contributed by atoms with Crippen LogP contribution in [0.4, 0.5) is 5.95 Å². The molecule has 0 spiro atoms. The van der Waals surface area contributed by atoms with Crippen LogP contribution in [0, 0.1) is 6.92 Å². The molecule has 5 heteroatoms. The zero-order valence-corrected chi connectivity index (χ0v) is 11.8. The molecule has 1 aliphatic rings. The third-order valence-corrected chi connectivity index (χ3v) is 3.93. The van der Waals surface area contributed by atoms with E-state index < -0.39 is 0 Å². The summed E-state index contributed by atoms with van der Waals surface area (Å²) >= 11 is 0. The van der Waals surface area contributed by atoms with Crippen molar-refractivity contribution in [1.82, 2.24) is 14.5 Å². The van der Waals surface area contributed by atoms with Crippen LogP contribution in [-0.4, -0.2) is 21.1 Å². The molecule has 0 saturated heterocycles. The van der Waals surface area contributed by atoms with E-state index >= 15 is 0 Å². The van der Waals surface area contributed by atoms with Crippen LogP contribution in [0.1, 0.15) is 23.6 Å². The van der Waals surface area contributed by atoms with Crippen molar-refractivity contribution in [3.05, 3.63) is 47.7 Å². The topological polar surface area (TPSA) is 66.0 Å². The van der Waals surface area contributed by atoms with Crippen LogP contribution in [0.3, 0.4) is 0 Å². The molecule has 0 amide bonds. The average molecular weight is 280 g/mol. The first kappa shape index (κ1) is 12.2. The largest absolute Gasteiger partial charge is 0.493 e. The van der Waals surface area contributed by atoms with Crippen LogP contribution in [0.15, 0.2) is 36.5 Å². The van der Waals surface area contributed by atoms with E-state index in [2.05, 4.69) is 16.0 Å². The highest BCUT2D eigenvalue weighted by Gasteiger charge is 2.26. The molecule has 0 bridgehead atoms. The SMILES string of the molecule is Cc1cnc2c(c1)nc(N)n2C1CCOc2ccccc21. The second-order valence-corrected chi connectivity index (χ2v) is 5.39. The van der Waals surface area contributed by atoms with Gasteiger partial charge in [-0.25, -0.2) is 9.97 Å². The van der Waals surface area contributed by atoms with E-state index in [4.69, 9.17) is 10.5 Å². The molecule has 0 aliphatic carbocycles. The van der Waals surface area contributed by atoms with Gasteiger partial charge in [-0.05, 0) is 24.6 Å². The number of ether oxygens (including phenoxy) is 1. The molecule has 1 aromatic carbocycles. The van der Waals surface area contributed by atoms with Crippen LogP contribution in [0.2, 0.25) is 0 Å². The minimum absolute atomic E-state index is 0.121. The first-order valence-electron chi connectivity index (χ1n) is 7.06. The molecule has 1 atom stereocenters. The van der Waals surface area contributed by atoms with E-state index in [-0.39, 0.29) is 6.04 Å². The molecule has 5 nitrogen and oxygen atoms in total. The maximum Gasteiger partial charge on any atom is 0.203 e. The Labute approximate surface area is 122 Å². The molecule has 0 saturated carbocycles. The molecule has 2 aromatic heterocycles. The smallest absolute Gasteiger partial charge is 0.203 e. The average Bonchev–Trinajstić information content (AvgIpc) is 2.81. The van der Waals surface area contributed by atoms with Gasteiger partial charge < -0.3 is 10.5 Å². The fraction of sp³-hybridized carbons (Fsp3) is 0.250. The highest BCUT2D eigenvalue weighted by molar-refractivity contribution is 5.75. The number of pyridine rings is 1. The van der Waals surface area contributed by atoms with E-state index in [9.17, 15) is 0 Å². The second kappa shape index (κ2) is 4.48. The molecule has 4 rings (SSSR count). The number of anilines is 1. The molecule has 1 aliphatic heterocycles. The number of benzene rings is 1. The van der Waals surface area contributed by atoms with Gasteiger partial charge in [0.15, 0.2) is 5.65 Å². The normalized spacial score (nSPS) is 17.5. The first-order chi connectivity index (χ1) is 10.2. The lowest BCUT2D eigenvalue weighted by Crippen LogP contribution is -2.21. The van der Waals surface area contributed by atoms with Crippen LogP contribution in [0.5, 0.6) is 5.75 Å². The van der Waals surface area contributed by atoms with Gasteiger partial charge in [-0.1, -0.05) is 18.2 Å². The monoisotopic (exact) mass is 280 g/mol. The summed E-state index contributed by atoms with van der Waals surface area (Å²) in [6.45, 7) is 2.68. The van der Waals surface area contributed by atoms with Crippen LogP contribution in [0.25, 0.3) is 11.2 Å². The summed E-state index contributed by atoms with van der Waals surface area (Å²) in [6, 6.07) is 10.2. The maximum absolute atomic E-state index is 6.16. The Morgan fingerprint density at radius 3 is 3.10 bits per heavy atom. The Hall–Kier alpha value is -2.56. The minimum Gasteiger partial charge on any atom is -0.493 e. The van der Waals surface area contributed by atoms with Crippen molar-refractivity contribution >= 4 is 17.1 Å². The fourth-order valence-electron chi connectivity index (χ4n) is 3.00. The molecule has 2 N–H and O–H groups in total. The lowest BCUT2D eigenvalue weighted by molar-refractivity contribution is 0.258. The van der Waals surface area contributed by atoms with Crippen LogP contribution in [-0.2, 0) is 0 Å². The minimum atomic E-state index is 0.121. The summed E-state index contributed by atoms with van der Waals surface area (Å²) in [5.74, 6) is 1.42. The summed E-state index contributed by atoms with van der Waals surface area (Å²) in [5, 5.41) is 0. The zero-order chi connectivity index (χ0) is 14.4. The van der Waals surface area contributed by atoms with Crippen molar-refractivity contribution in [3.8, 4) is 5.75 Å². The van der Waals surface area contributed by atoms with E-state index in [0.29, 0.717) is 12.6 Å². The number of nitrogens with zero attached hydrogens (tertiary/aromatic N) is 3. The van der Waals surface area contributed by atoms with Gasteiger partial charge in [-0.2, -0.15) is 0 Å². The van der Waals surface area contributed by atoms with Crippen molar-refractivity contribution in [2.45, 2.75) is 19.4 Å². The summed E-state index contributed by atoms with van der Waals surface area (Å²) < 4.78 is 7.75. The molecular formula is C16H16N4O. The number of nitrogen functional groups attached to an aromatic ring is 1. The summed E-state index contributed by atoms with van der Waals surface area (Å²) in [7, 11) is 0. The zero-order valence-electron chi connectivity index (χ0n) is 11.8. The number of hydrogen-bond acceptors (Lipinski definition) is 4. The molecule has 3 heterocycles. The van der Waals surface area contributed by atoms with Crippen LogP contribution >= 0.6 is 0 Å². The van der Waals surface area contributed by atoms with Gasteiger partial charge in [0.2, 0.25) is 5.95 Å². The fourth-order valence-corrected chi connectivity index (χ4v) is 3.00. The van der Waals surface area contributed by atoms with E-state index in [0.717, 1.165) is 34.5 Å². The van der Waals surface area contributed by atoms with Gasteiger partial charge in [0.05, 0.1) is 12.6 Å². The molecule has 1 unspecified atom stereocenters. The van der Waals surface area contributed by atoms with Gasteiger partial charge >= 0.3 is 0 Å². The standard InChI is InChI=1S/C16H16N4O/c1-10-8-12-15(18-9-10)20(16(17)19-12)13-6-7-21-14-5-3-2-4-11(13)14/h2-5,8-9,13H,6-7H2,1H3,(H2,17,19). The third kappa shape index (κ3) is 1.85. The van der Waals surface area contributed by atoms with Crippen LogP contribution < -0.4 is 10.5 Å². The van der Waals surface area contributed by atoms with Crippen molar-refractivity contribution in [2.24, 2.45) is 0 Å². The Kier molecular flexibility index (Phi) is 2.60. The van der Waals surface area contributed by atoms with E-state index in [1.165, 1.54) is 0 Å². The number of aromatic nitrogens is 3. The molecule has 0 fully saturated rings. The van der Waals surface area contributed by atoms with Gasteiger partial charge in [-0.3, -0.25) is 4.57 Å². The van der Waals surface area contributed by atoms with Crippen molar-refractivity contribution in [3.63, 3.8) is 0 Å². The van der Waals surface area contributed by atoms with Crippen molar-refractivity contribution < 1.29 is 4.74 Å². The number of fused-ring (bicyclic) bond motifs is 2. The Bertz CT molecular complexity index is 824. The number of hydrogen-bond donors (Lipinski definition) is 1. The highest BCUT2D eigenvalue weighted by Crippen LogP contribution is 2.37. The van der Waals surface area contributed by atoms with E-state index in [1.54, 1.807) is 0 Å². The summed E-state index contributed by atoms with van der Waals surface area (Å²) in [4.78, 5) is 8.99. The number of imidazole rings is 1.